The molecule has 0 aliphatic carbocycles. The van der Waals surface area contributed by atoms with Crippen molar-refractivity contribution in [1.29, 1.82) is 0 Å². The van der Waals surface area contributed by atoms with Crippen LogP contribution in [0.1, 0.15) is 37.4 Å². The van der Waals surface area contributed by atoms with Crippen LogP contribution in [-0.2, 0) is 17.8 Å². The third-order valence-corrected chi connectivity index (χ3v) is 3.35. The van der Waals surface area contributed by atoms with Crippen LogP contribution >= 0.6 is 0 Å². The number of nitrogens with one attached hydrogen (secondary N) is 1. The van der Waals surface area contributed by atoms with Gasteiger partial charge in [-0.3, -0.25) is 4.90 Å². The zero-order chi connectivity index (χ0) is 14.3. The van der Waals surface area contributed by atoms with Crippen LogP contribution in [0, 0.1) is 6.92 Å². The van der Waals surface area contributed by atoms with E-state index in [0.29, 0.717) is 6.04 Å². The Labute approximate surface area is 117 Å². The highest BCUT2D eigenvalue weighted by atomic mass is 16.5. The van der Waals surface area contributed by atoms with Crippen molar-refractivity contribution < 1.29 is 9.15 Å². The maximum atomic E-state index is 5.91. The van der Waals surface area contributed by atoms with E-state index in [-0.39, 0.29) is 0 Å². The van der Waals surface area contributed by atoms with Gasteiger partial charge in [-0.1, -0.05) is 6.92 Å². The van der Waals surface area contributed by atoms with Gasteiger partial charge in [0.05, 0.1) is 19.7 Å². The highest BCUT2D eigenvalue weighted by Gasteiger charge is 2.13. The molecule has 0 amide bonds. The maximum absolute atomic E-state index is 5.91. The molecule has 1 aromatic heterocycles. The molecule has 4 heteroatoms. The quantitative estimate of drug-likeness (QED) is 0.699. The smallest absolute Gasteiger partial charge is 0.120 e. The number of rotatable bonds is 9. The predicted molar refractivity (Wildman–Crippen MR) is 78.2 cm³/mol. The molecule has 4 nitrogen and oxygen atoms in total. The second-order valence-electron chi connectivity index (χ2n) is 5.22. The molecular weight excluding hydrogens is 240 g/mol. The van der Waals surface area contributed by atoms with Crippen molar-refractivity contribution in [2.24, 2.45) is 0 Å². The first-order valence-electron chi connectivity index (χ1n) is 7.06. The monoisotopic (exact) mass is 268 g/mol. The Morgan fingerprint density at radius 2 is 2.21 bits per heavy atom. The molecule has 1 rings (SSSR count). The zero-order valence-electron chi connectivity index (χ0n) is 13.0. The van der Waals surface area contributed by atoms with E-state index >= 15 is 0 Å². The van der Waals surface area contributed by atoms with Gasteiger partial charge in [0.1, 0.15) is 11.5 Å². The molecule has 0 aromatic carbocycles. The van der Waals surface area contributed by atoms with E-state index in [1.165, 1.54) is 5.56 Å². The van der Waals surface area contributed by atoms with E-state index in [0.717, 1.165) is 44.2 Å². The Kier molecular flexibility index (Phi) is 7.13. The van der Waals surface area contributed by atoms with Crippen LogP contribution in [-0.4, -0.2) is 38.3 Å². The fraction of sp³-hybridized carbons (Fsp3) is 0.733. The molecule has 0 radical (unpaired) electrons. The Morgan fingerprint density at radius 1 is 1.47 bits per heavy atom. The van der Waals surface area contributed by atoms with E-state index < -0.39 is 0 Å². The van der Waals surface area contributed by atoms with Gasteiger partial charge >= 0.3 is 0 Å². The number of hydrogen-bond acceptors (Lipinski definition) is 4. The first-order chi connectivity index (χ1) is 9.08. The zero-order valence-corrected chi connectivity index (χ0v) is 13.0. The van der Waals surface area contributed by atoms with Crippen molar-refractivity contribution in [2.45, 2.75) is 46.3 Å². The summed E-state index contributed by atoms with van der Waals surface area (Å²) in [6, 6.07) is 2.52. The molecule has 1 aromatic rings. The van der Waals surface area contributed by atoms with E-state index in [1.807, 2.05) is 0 Å². The average molecular weight is 268 g/mol. The largest absolute Gasteiger partial charge is 0.463 e. The summed E-state index contributed by atoms with van der Waals surface area (Å²) in [4.78, 5) is 2.24. The molecule has 0 bridgehead atoms. The summed E-state index contributed by atoms with van der Waals surface area (Å²) >= 11 is 0. The van der Waals surface area contributed by atoms with Gasteiger partial charge in [-0.25, -0.2) is 0 Å². The maximum Gasteiger partial charge on any atom is 0.120 e. The molecule has 0 aliphatic heterocycles. The van der Waals surface area contributed by atoms with Gasteiger partial charge < -0.3 is 14.5 Å². The molecule has 1 atom stereocenters. The molecule has 0 fully saturated rings. The normalized spacial score (nSPS) is 13.2. The lowest BCUT2D eigenvalue weighted by molar-refractivity contribution is 0.107. The van der Waals surface area contributed by atoms with Crippen LogP contribution in [0.3, 0.4) is 0 Å². The molecule has 1 N–H and O–H groups in total. The van der Waals surface area contributed by atoms with Crippen molar-refractivity contribution in [1.82, 2.24) is 10.2 Å². The lowest BCUT2D eigenvalue weighted by atomic mass is 10.2. The first-order valence-corrected chi connectivity index (χ1v) is 7.06. The summed E-state index contributed by atoms with van der Waals surface area (Å²) in [5, 5.41) is 3.37. The van der Waals surface area contributed by atoms with E-state index in [1.54, 1.807) is 7.11 Å². The lowest BCUT2D eigenvalue weighted by Crippen LogP contribution is -2.32. The van der Waals surface area contributed by atoms with Crippen LogP contribution in [0.4, 0.5) is 0 Å². The van der Waals surface area contributed by atoms with Crippen LogP contribution in [0.25, 0.3) is 0 Å². The number of aryl methyl sites for hydroxylation is 1. The number of ether oxygens (including phenoxy) is 1. The molecular formula is C15H28N2O2. The minimum atomic E-state index is 0.386. The topological polar surface area (TPSA) is 37.6 Å². The van der Waals surface area contributed by atoms with Gasteiger partial charge in [-0.05, 0) is 45.5 Å². The molecule has 19 heavy (non-hydrogen) atoms. The van der Waals surface area contributed by atoms with Gasteiger partial charge in [0.25, 0.3) is 0 Å². The molecule has 0 spiro atoms. The Morgan fingerprint density at radius 3 is 2.84 bits per heavy atom. The van der Waals surface area contributed by atoms with Gasteiger partial charge in [-0.15, -0.1) is 0 Å². The van der Waals surface area contributed by atoms with E-state index in [2.05, 4.69) is 44.1 Å². The summed E-state index contributed by atoms with van der Waals surface area (Å²) in [6.07, 6.45) is 1.14. The second-order valence-corrected chi connectivity index (χ2v) is 5.22. The number of methoxy groups -OCH3 is 1. The van der Waals surface area contributed by atoms with Gasteiger partial charge in [0.2, 0.25) is 0 Å². The first kappa shape index (κ1) is 16.2. The molecule has 1 unspecified atom stereocenters. The highest BCUT2D eigenvalue weighted by molar-refractivity contribution is 5.20. The van der Waals surface area contributed by atoms with Crippen LogP contribution in [0.2, 0.25) is 0 Å². The minimum absolute atomic E-state index is 0.386. The number of nitrogens with zero attached hydrogens (tertiary/aromatic N) is 1. The Bertz CT molecular complexity index is 363. The number of likely N-dealkylation sites (N-methyl/N-ethyl adjacent to an activating group) is 1. The summed E-state index contributed by atoms with van der Waals surface area (Å²) in [6.45, 7) is 9.83. The van der Waals surface area contributed by atoms with Crippen molar-refractivity contribution in [2.75, 3.05) is 27.3 Å². The third kappa shape index (κ3) is 5.35. The van der Waals surface area contributed by atoms with E-state index in [9.17, 15) is 0 Å². The van der Waals surface area contributed by atoms with Crippen molar-refractivity contribution in [3.8, 4) is 0 Å². The molecule has 110 valence electrons. The third-order valence-electron chi connectivity index (χ3n) is 3.35. The minimum Gasteiger partial charge on any atom is -0.463 e. The average Bonchev–Trinajstić information content (AvgIpc) is 2.70. The lowest BCUT2D eigenvalue weighted by Gasteiger charge is -2.22. The fourth-order valence-corrected chi connectivity index (χ4v) is 1.99. The van der Waals surface area contributed by atoms with Crippen molar-refractivity contribution in [3.63, 3.8) is 0 Å². The summed E-state index contributed by atoms with van der Waals surface area (Å²) in [7, 11) is 3.83. The summed E-state index contributed by atoms with van der Waals surface area (Å²) in [5.41, 5.74) is 1.23. The van der Waals surface area contributed by atoms with Gasteiger partial charge in [-0.2, -0.15) is 0 Å². The molecule has 1 heterocycles. The molecule has 0 saturated heterocycles. The van der Waals surface area contributed by atoms with Crippen LogP contribution < -0.4 is 5.32 Å². The standard InChI is InChI=1S/C15H28N2O2/c1-6-7-16-9-15-12(2)8-14(19-15)10-17(4)13(3)11-18-5/h8,13,16H,6-7,9-11H2,1-5H3. The summed E-state index contributed by atoms with van der Waals surface area (Å²) < 4.78 is 11.1. The predicted octanol–water partition coefficient (Wildman–Crippen LogP) is 2.55. The Balaban J connectivity index is 2.52. The van der Waals surface area contributed by atoms with Gasteiger partial charge in [0.15, 0.2) is 0 Å². The van der Waals surface area contributed by atoms with Crippen LogP contribution in [0.15, 0.2) is 10.5 Å². The van der Waals surface area contributed by atoms with Crippen molar-refractivity contribution >= 4 is 0 Å². The molecule has 0 saturated carbocycles. The Hall–Kier alpha value is -0.840. The molecule has 0 aliphatic rings. The number of hydrogen-bond donors (Lipinski definition) is 1. The highest BCUT2D eigenvalue weighted by Crippen LogP contribution is 2.16. The second kappa shape index (κ2) is 8.35. The van der Waals surface area contributed by atoms with Crippen molar-refractivity contribution in [3.05, 3.63) is 23.2 Å². The SMILES string of the molecule is CCCNCc1oc(CN(C)C(C)COC)cc1C. The van der Waals surface area contributed by atoms with Gasteiger partial charge in [0, 0.05) is 13.2 Å². The number of furan rings is 1. The fourth-order valence-electron chi connectivity index (χ4n) is 1.99. The summed E-state index contributed by atoms with van der Waals surface area (Å²) in [5.74, 6) is 2.08. The van der Waals surface area contributed by atoms with Crippen LogP contribution in [0.5, 0.6) is 0 Å². The van der Waals surface area contributed by atoms with E-state index in [4.69, 9.17) is 9.15 Å².